The number of nitrogens with zero attached hydrogens (tertiary/aromatic N) is 1. The van der Waals surface area contributed by atoms with E-state index in [2.05, 4.69) is 15.8 Å². The molecule has 3 heterocycles. The molecule has 3 aromatic heterocycles. The lowest BCUT2D eigenvalue weighted by Crippen LogP contribution is -2.42. The first-order valence-corrected chi connectivity index (χ1v) is 8.53. The van der Waals surface area contributed by atoms with Crippen molar-refractivity contribution in [3.8, 4) is 10.6 Å². The minimum Gasteiger partial charge on any atom is -0.466 e. The van der Waals surface area contributed by atoms with Gasteiger partial charge in [-0.3, -0.25) is 25.4 Å². The Balaban J connectivity index is 1.69. The highest BCUT2D eigenvalue weighted by Crippen LogP contribution is 2.23. The molecule has 0 radical (unpaired) electrons. The van der Waals surface area contributed by atoms with Gasteiger partial charge in [0.05, 0.1) is 27.4 Å². The Morgan fingerprint density at radius 2 is 1.76 bits per heavy atom. The highest BCUT2D eigenvalue weighted by atomic mass is 32.1. The molecule has 0 aromatic carbocycles. The van der Waals surface area contributed by atoms with Gasteiger partial charge in [0.2, 0.25) is 0 Å². The molecule has 2 amide bonds. The SMILES string of the molecule is Cc1cc(C(=O)NNC(=O)c2ccc(-c3cccs3)nc2C)c(C)o1. The molecule has 0 aliphatic carbocycles. The number of aromatic nitrogens is 1. The maximum atomic E-state index is 12.3. The number of thiophene rings is 1. The van der Waals surface area contributed by atoms with Crippen LogP contribution in [-0.2, 0) is 0 Å². The Morgan fingerprint density at radius 3 is 2.32 bits per heavy atom. The Bertz CT molecular complexity index is 929. The predicted octanol–water partition coefficient (Wildman–Crippen LogP) is 3.40. The third-order valence-corrected chi connectivity index (χ3v) is 4.57. The largest absolute Gasteiger partial charge is 0.466 e. The van der Waals surface area contributed by atoms with Crippen LogP contribution in [0.4, 0.5) is 0 Å². The fourth-order valence-electron chi connectivity index (χ4n) is 2.47. The summed E-state index contributed by atoms with van der Waals surface area (Å²) in [6, 6.07) is 9.04. The molecule has 0 aliphatic rings. The van der Waals surface area contributed by atoms with Crippen LogP contribution in [0.2, 0.25) is 0 Å². The van der Waals surface area contributed by atoms with E-state index in [-0.39, 0.29) is 0 Å². The van der Waals surface area contributed by atoms with Crippen LogP contribution in [-0.4, -0.2) is 16.8 Å². The van der Waals surface area contributed by atoms with Gasteiger partial charge in [0.25, 0.3) is 11.8 Å². The molecular weight excluding hydrogens is 338 g/mol. The molecule has 0 unspecified atom stereocenters. The number of aryl methyl sites for hydroxylation is 3. The van der Waals surface area contributed by atoms with E-state index < -0.39 is 11.8 Å². The van der Waals surface area contributed by atoms with Gasteiger partial charge in [-0.05, 0) is 50.4 Å². The van der Waals surface area contributed by atoms with E-state index in [1.54, 1.807) is 50.3 Å². The lowest BCUT2D eigenvalue weighted by molar-refractivity contribution is 0.0845. The molecule has 0 spiro atoms. The van der Waals surface area contributed by atoms with Crippen molar-refractivity contribution in [2.75, 3.05) is 0 Å². The van der Waals surface area contributed by atoms with Gasteiger partial charge in [-0.2, -0.15) is 0 Å². The van der Waals surface area contributed by atoms with Crippen LogP contribution in [0.5, 0.6) is 0 Å². The number of furan rings is 1. The summed E-state index contributed by atoms with van der Waals surface area (Å²) in [6.45, 7) is 5.21. The summed E-state index contributed by atoms with van der Waals surface area (Å²) in [5.74, 6) is 0.290. The fourth-order valence-corrected chi connectivity index (χ4v) is 3.16. The minimum atomic E-state index is -0.427. The van der Waals surface area contributed by atoms with Gasteiger partial charge < -0.3 is 4.42 Å². The van der Waals surface area contributed by atoms with Crippen molar-refractivity contribution in [1.82, 2.24) is 15.8 Å². The Morgan fingerprint density at radius 1 is 1.04 bits per heavy atom. The highest BCUT2D eigenvalue weighted by molar-refractivity contribution is 7.13. The number of hydrogen-bond acceptors (Lipinski definition) is 5. The van der Waals surface area contributed by atoms with E-state index in [1.807, 2.05) is 17.5 Å². The topological polar surface area (TPSA) is 84.2 Å². The van der Waals surface area contributed by atoms with Gasteiger partial charge >= 0.3 is 0 Å². The lowest BCUT2D eigenvalue weighted by atomic mass is 10.1. The predicted molar refractivity (Wildman–Crippen MR) is 95.4 cm³/mol. The highest BCUT2D eigenvalue weighted by Gasteiger charge is 2.16. The second-order valence-electron chi connectivity index (χ2n) is 5.54. The quantitative estimate of drug-likeness (QED) is 0.705. The number of pyridine rings is 1. The van der Waals surface area contributed by atoms with Crippen molar-refractivity contribution >= 4 is 23.2 Å². The molecule has 3 rings (SSSR count). The van der Waals surface area contributed by atoms with Crippen molar-refractivity contribution < 1.29 is 14.0 Å². The summed E-state index contributed by atoms with van der Waals surface area (Å²) in [7, 11) is 0. The van der Waals surface area contributed by atoms with Crippen molar-refractivity contribution in [3.63, 3.8) is 0 Å². The number of amides is 2. The molecule has 6 nitrogen and oxygen atoms in total. The number of carbonyl (C=O) groups is 2. The first-order chi connectivity index (χ1) is 12.0. The molecule has 0 atom stereocenters. The van der Waals surface area contributed by atoms with E-state index in [0.717, 1.165) is 10.6 Å². The second-order valence-corrected chi connectivity index (χ2v) is 6.49. The zero-order chi connectivity index (χ0) is 18.0. The van der Waals surface area contributed by atoms with E-state index in [0.29, 0.717) is 28.3 Å². The number of rotatable bonds is 3. The summed E-state index contributed by atoms with van der Waals surface area (Å²) in [5, 5.41) is 1.97. The van der Waals surface area contributed by atoms with Gasteiger partial charge in [0.15, 0.2) is 0 Å². The third-order valence-electron chi connectivity index (χ3n) is 3.68. The van der Waals surface area contributed by atoms with Crippen molar-refractivity contribution in [2.24, 2.45) is 0 Å². The van der Waals surface area contributed by atoms with Gasteiger partial charge in [-0.15, -0.1) is 11.3 Å². The number of hydrazine groups is 1. The third kappa shape index (κ3) is 3.61. The molecule has 2 N–H and O–H groups in total. The molecule has 3 aromatic rings. The summed E-state index contributed by atoms with van der Waals surface area (Å²) in [5.41, 5.74) is 7.01. The van der Waals surface area contributed by atoms with Gasteiger partial charge in [-0.1, -0.05) is 6.07 Å². The average molecular weight is 355 g/mol. The smallest absolute Gasteiger partial charge is 0.273 e. The Hall–Kier alpha value is -2.93. The molecular formula is C18H17N3O3S. The number of carbonyl (C=O) groups excluding carboxylic acids is 2. The lowest BCUT2D eigenvalue weighted by Gasteiger charge is -2.09. The van der Waals surface area contributed by atoms with Crippen LogP contribution >= 0.6 is 11.3 Å². The minimum absolute atomic E-state index is 0.390. The summed E-state index contributed by atoms with van der Waals surface area (Å²) < 4.78 is 5.31. The Labute approximate surface area is 148 Å². The average Bonchev–Trinajstić information content (AvgIpc) is 3.21. The van der Waals surface area contributed by atoms with Crippen LogP contribution in [0, 0.1) is 20.8 Å². The second kappa shape index (κ2) is 6.90. The van der Waals surface area contributed by atoms with Gasteiger partial charge in [0.1, 0.15) is 11.5 Å². The summed E-state index contributed by atoms with van der Waals surface area (Å²) in [4.78, 5) is 29.9. The molecule has 0 fully saturated rings. The van der Waals surface area contributed by atoms with Gasteiger partial charge in [-0.25, -0.2) is 0 Å². The zero-order valence-electron chi connectivity index (χ0n) is 14.0. The standard InChI is InChI=1S/C18H17N3O3S/c1-10-9-14(12(3)24-10)18(23)21-20-17(22)13-6-7-15(19-11(13)2)16-5-4-8-25-16/h4-9H,1-3H3,(H,20,22)(H,21,23). The Kier molecular flexibility index (Phi) is 4.67. The summed E-state index contributed by atoms with van der Waals surface area (Å²) >= 11 is 1.59. The zero-order valence-corrected chi connectivity index (χ0v) is 14.9. The van der Waals surface area contributed by atoms with Crippen LogP contribution < -0.4 is 10.9 Å². The summed E-state index contributed by atoms with van der Waals surface area (Å²) in [6.07, 6.45) is 0. The monoisotopic (exact) mass is 355 g/mol. The van der Waals surface area contributed by atoms with E-state index >= 15 is 0 Å². The maximum absolute atomic E-state index is 12.3. The van der Waals surface area contributed by atoms with Crippen molar-refractivity contribution in [3.05, 3.63) is 64.1 Å². The number of nitrogens with one attached hydrogen (secondary N) is 2. The van der Waals surface area contributed by atoms with Gasteiger partial charge in [0, 0.05) is 0 Å². The van der Waals surface area contributed by atoms with E-state index in [1.165, 1.54) is 0 Å². The molecule has 0 saturated heterocycles. The maximum Gasteiger partial charge on any atom is 0.273 e. The first kappa shape index (κ1) is 16.9. The van der Waals surface area contributed by atoms with Crippen LogP contribution in [0.3, 0.4) is 0 Å². The van der Waals surface area contributed by atoms with Crippen molar-refractivity contribution in [1.29, 1.82) is 0 Å². The molecule has 0 aliphatic heterocycles. The first-order valence-electron chi connectivity index (χ1n) is 7.65. The van der Waals surface area contributed by atoms with Crippen LogP contribution in [0.1, 0.15) is 37.9 Å². The van der Waals surface area contributed by atoms with Crippen molar-refractivity contribution in [2.45, 2.75) is 20.8 Å². The van der Waals surface area contributed by atoms with Crippen LogP contribution in [0.25, 0.3) is 10.6 Å². The van der Waals surface area contributed by atoms with Crippen LogP contribution in [0.15, 0.2) is 40.1 Å². The van der Waals surface area contributed by atoms with E-state index in [4.69, 9.17) is 4.42 Å². The molecule has 7 heteroatoms. The molecule has 0 bridgehead atoms. The van der Waals surface area contributed by atoms with E-state index in [9.17, 15) is 9.59 Å². The molecule has 0 saturated carbocycles. The fraction of sp³-hybridized carbons (Fsp3) is 0.167. The molecule has 128 valence electrons. The number of hydrogen-bond donors (Lipinski definition) is 2. The molecule has 25 heavy (non-hydrogen) atoms. The normalized spacial score (nSPS) is 10.5.